The zero-order valence-corrected chi connectivity index (χ0v) is 14.2. The highest BCUT2D eigenvalue weighted by molar-refractivity contribution is 5.85. The maximum absolute atomic E-state index is 12.2. The molecule has 118 valence electrons. The Hall–Kier alpha value is -1.06. The van der Waals surface area contributed by atoms with Crippen LogP contribution in [0.5, 0.6) is 0 Å². The van der Waals surface area contributed by atoms with Crippen molar-refractivity contribution in [3.05, 3.63) is 35.4 Å². The summed E-state index contributed by atoms with van der Waals surface area (Å²) in [7, 11) is 0. The van der Waals surface area contributed by atoms with Gasteiger partial charge in [0.2, 0.25) is 5.91 Å². The Labute approximate surface area is 134 Å². The summed E-state index contributed by atoms with van der Waals surface area (Å²) >= 11 is 0. The number of rotatable bonds is 5. The molecule has 0 bridgehead atoms. The average molecular weight is 311 g/mol. The molecule has 1 aromatic rings. The number of nitrogens with two attached hydrogens (primary N) is 1. The van der Waals surface area contributed by atoms with Crippen LogP contribution in [-0.2, 0) is 4.79 Å². The van der Waals surface area contributed by atoms with Crippen LogP contribution in [0, 0.1) is 5.92 Å². The second-order valence-corrected chi connectivity index (χ2v) is 6.85. The van der Waals surface area contributed by atoms with E-state index in [4.69, 9.17) is 5.73 Å². The molecule has 1 aromatic carbocycles. The molecule has 21 heavy (non-hydrogen) atoms. The summed E-state index contributed by atoms with van der Waals surface area (Å²) in [6, 6.07) is 8.69. The molecule has 4 heteroatoms. The lowest BCUT2D eigenvalue weighted by atomic mass is 9.99. The van der Waals surface area contributed by atoms with E-state index >= 15 is 0 Å². The standard InChI is InChI=1S/C17H26N2O.ClH/c1-11(2)12-5-7-13(8-6-12)14-9-15(14)16(20)19-17(3,4)10-18;/h5-8,11,14-15H,9-10,18H2,1-4H3,(H,19,20);1H. The van der Waals surface area contributed by atoms with E-state index in [9.17, 15) is 4.79 Å². The first-order valence-corrected chi connectivity index (χ1v) is 7.46. The number of carbonyl (C=O) groups is 1. The van der Waals surface area contributed by atoms with E-state index in [1.165, 1.54) is 11.1 Å². The Morgan fingerprint density at radius 3 is 2.38 bits per heavy atom. The van der Waals surface area contributed by atoms with Crippen molar-refractivity contribution < 1.29 is 4.79 Å². The molecular weight excluding hydrogens is 284 g/mol. The van der Waals surface area contributed by atoms with Crippen LogP contribution in [0.1, 0.15) is 57.1 Å². The van der Waals surface area contributed by atoms with Gasteiger partial charge in [0.25, 0.3) is 0 Å². The van der Waals surface area contributed by atoms with Crippen molar-refractivity contribution in [3.63, 3.8) is 0 Å². The van der Waals surface area contributed by atoms with Gasteiger partial charge in [-0.1, -0.05) is 38.1 Å². The van der Waals surface area contributed by atoms with Crippen molar-refractivity contribution in [2.75, 3.05) is 6.54 Å². The molecule has 0 spiro atoms. The van der Waals surface area contributed by atoms with Crippen molar-refractivity contribution in [2.24, 2.45) is 11.7 Å². The van der Waals surface area contributed by atoms with Gasteiger partial charge >= 0.3 is 0 Å². The lowest BCUT2D eigenvalue weighted by molar-refractivity contribution is -0.123. The van der Waals surface area contributed by atoms with Crippen LogP contribution in [0.25, 0.3) is 0 Å². The lowest BCUT2D eigenvalue weighted by Crippen LogP contribution is -2.49. The molecule has 1 amide bonds. The minimum atomic E-state index is -0.314. The molecule has 3 N–H and O–H groups in total. The Kier molecular flexibility index (Phi) is 5.83. The first kappa shape index (κ1) is 18.0. The minimum absolute atomic E-state index is 0. The van der Waals surface area contributed by atoms with E-state index in [0.29, 0.717) is 18.4 Å². The van der Waals surface area contributed by atoms with Crippen LogP contribution < -0.4 is 11.1 Å². The van der Waals surface area contributed by atoms with Crippen LogP contribution in [0.4, 0.5) is 0 Å². The summed E-state index contributed by atoms with van der Waals surface area (Å²) in [6.07, 6.45) is 0.952. The van der Waals surface area contributed by atoms with Crippen LogP contribution >= 0.6 is 12.4 Å². The van der Waals surface area contributed by atoms with Gasteiger partial charge in [-0.15, -0.1) is 12.4 Å². The number of hydrogen-bond donors (Lipinski definition) is 2. The van der Waals surface area contributed by atoms with E-state index in [0.717, 1.165) is 6.42 Å². The van der Waals surface area contributed by atoms with Gasteiger partial charge in [-0.3, -0.25) is 4.79 Å². The monoisotopic (exact) mass is 310 g/mol. The summed E-state index contributed by atoms with van der Waals surface area (Å²) < 4.78 is 0. The first-order chi connectivity index (χ1) is 9.34. The van der Waals surface area contributed by atoms with Crippen molar-refractivity contribution in [2.45, 2.75) is 51.5 Å². The highest BCUT2D eigenvalue weighted by atomic mass is 35.5. The number of amides is 1. The van der Waals surface area contributed by atoms with Gasteiger partial charge in [0.1, 0.15) is 0 Å². The van der Waals surface area contributed by atoms with Crippen LogP contribution in [0.2, 0.25) is 0 Å². The zero-order chi connectivity index (χ0) is 14.9. The van der Waals surface area contributed by atoms with E-state index in [2.05, 4.69) is 43.4 Å². The van der Waals surface area contributed by atoms with Gasteiger partial charge in [0, 0.05) is 18.0 Å². The normalized spacial score (nSPS) is 20.9. The maximum atomic E-state index is 12.2. The quantitative estimate of drug-likeness (QED) is 0.877. The molecule has 0 aliphatic heterocycles. The molecule has 2 unspecified atom stereocenters. The summed E-state index contributed by atoms with van der Waals surface area (Å²) in [6.45, 7) is 8.76. The van der Waals surface area contributed by atoms with E-state index in [-0.39, 0.29) is 29.8 Å². The molecule has 0 heterocycles. The predicted octanol–water partition coefficient (Wildman–Crippen LogP) is 3.19. The molecule has 0 aromatic heterocycles. The van der Waals surface area contributed by atoms with E-state index < -0.39 is 0 Å². The van der Waals surface area contributed by atoms with Crippen molar-refractivity contribution in [1.82, 2.24) is 5.32 Å². The van der Waals surface area contributed by atoms with Crippen LogP contribution in [0.15, 0.2) is 24.3 Å². The highest BCUT2D eigenvalue weighted by Crippen LogP contribution is 2.47. The fourth-order valence-corrected chi connectivity index (χ4v) is 2.46. The van der Waals surface area contributed by atoms with Crippen LogP contribution in [0.3, 0.4) is 0 Å². The fourth-order valence-electron chi connectivity index (χ4n) is 2.46. The van der Waals surface area contributed by atoms with Gasteiger partial charge in [-0.2, -0.15) is 0 Å². The summed E-state index contributed by atoms with van der Waals surface area (Å²) in [5.41, 5.74) is 7.96. The van der Waals surface area contributed by atoms with Gasteiger partial charge in [0.15, 0.2) is 0 Å². The Balaban J connectivity index is 0.00000220. The van der Waals surface area contributed by atoms with Gasteiger partial charge in [-0.05, 0) is 43.2 Å². The van der Waals surface area contributed by atoms with E-state index in [1.807, 2.05) is 13.8 Å². The van der Waals surface area contributed by atoms with Gasteiger partial charge in [0.05, 0.1) is 0 Å². The molecule has 2 rings (SSSR count). The fraction of sp³-hybridized carbons (Fsp3) is 0.588. The van der Waals surface area contributed by atoms with Gasteiger partial charge < -0.3 is 11.1 Å². The minimum Gasteiger partial charge on any atom is -0.350 e. The number of hydrogen-bond acceptors (Lipinski definition) is 2. The van der Waals surface area contributed by atoms with Gasteiger partial charge in [-0.25, -0.2) is 0 Å². The maximum Gasteiger partial charge on any atom is 0.224 e. The van der Waals surface area contributed by atoms with Crippen molar-refractivity contribution in [3.8, 4) is 0 Å². The van der Waals surface area contributed by atoms with E-state index in [1.54, 1.807) is 0 Å². The Morgan fingerprint density at radius 1 is 1.33 bits per heavy atom. The van der Waals surface area contributed by atoms with Crippen molar-refractivity contribution in [1.29, 1.82) is 0 Å². The lowest BCUT2D eigenvalue weighted by Gasteiger charge is -2.24. The largest absolute Gasteiger partial charge is 0.350 e. The molecular formula is C17H27ClN2O. The topological polar surface area (TPSA) is 55.1 Å². The Bertz CT molecular complexity index is 482. The third-order valence-electron chi connectivity index (χ3n) is 4.13. The third kappa shape index (κ3) is 4.45. The third-order valence-corrected chi connectivity index (χ3v) is 4.13. The molecule has 1 aliphatic carbocycles. The average Bonchev–Trinajstić information content (AvgIpc) is 3.18. The second kappa shape index (κ2) is 6.80. The molecule has 2 atom stereocenters. The second-order valence-electron chi connectivity index (χ2n) is 6.85. The van der Waals surface area contributed by atoms with Crippen molar-refractivity contribution >= 4 is 18.3 Å². The highest BCUT2D eigenvalue weighted by Gasteiger charge is 2.44. The summed E-state index contributed by atoms with van der Waals surface area (Å²) in [4.78, 5) is 12.2. The molecule has 1 aliphatic rings. The smallest absolute Gasteiger partial charge is 0.224 e. The molecule has 3 nitrogen and oxygen atoms in total. The Morgan fingerprint density at radius 2 is 1.90 bits per heavy atom. The number of carbonyl (C=O) groups excluding carboxylic acids is 1. The first-order valence-electron chi connectivity index (χ1n) is 7.46. The summed E-state index contributed by atoms with van der Waals surface area (Å²) in [5, 5.41) is 3.03. The molecule has 1 fully saturated rings. The molecule has 0 radical (unpaired) electrons. The number of benzene rings is 1. The van der Waals surface area contributed by atoms with Crippen LogP contribution in [-0.4, -0.2) is 18.0 Å². The zero-order valence-electron chi connectivity index (χ0n) is 13.3. The number of nitrogens with one attached hydrogen (secondary N) is 1. The summed E-state index contributed by atoms with van der Waals surface area (Å²) in [5.74, 6) is 1.18. The predicted molar refractivity (Wildman–Crippen MR) is 89.9 cm³/mol. The number of halogens is 1. The molecule has 0 saturated heterocycles. The SMILES string of the molecule is CC(C)c1ccc(C2CC2C(=O)NC(C)(C)CN)cc1.Cl. The molecule has 1 saturated carbocycles.